The number of aromatic amines is 1. The number of imidazole rings is 1. The molecule has 0 saturated heterocycles. The lowest BCUT2D eigenvalue weighted by atomic mass is 9.87. The van der Waals surface area contributed by atoms with Crippen LogP contribution in [-0.2, 0) is 7.05 Å². The molecule has 1 aromatic carbocycles. The fraction of sp³-hybridized carbons (Fsp3) is 0.286. The van der Waals surface area contributed by atoms with E-state index in [0.29, 0.717) is 16.6 Å². The molecule has 0 spiro atoms. The largest absolute Gasteiger partial charge is 0.328 e. The number of rotatable bonds is 2. The number of nitrogens with one attached hydrogen (secondary N) is 1. The molecule has 0 aliphatic heterocycles. The summed E-state index contributed by atoms with van der Waals surface area (Å²) in [4.78, 5) is 32.0. The molecule has 1 N–H and O–H groups in total. The summed E-state index contributed by atoms with van der Waals surface area (Å²) in [6, 6.07) is 6.13. The van der Waals surface area contributed by atoms with Gasteiger partial charge in [0, 0.05) is 29.9 Å². The Morgan fingerprint density at radius 3 is 2.71 bits per heavy atom. The zero-order valence-electron chi connectivity index (χ0n) is 15.6. The number of H-pyrrole nitrogens is 1. The summed E-state index contributed by atoms with van der Waals surface area (Å²) in [5.41, 5.74) is 3.43. The van der Waals surface area contributed by atoms with Crippen LogP contribution in [0, 0.1) is 6.92 Å². The number of hydrogen-bond donors (Lipinski definition) is 1. The lowest BCUT2D eigenvalue weighted by Crippen LogP contribution is -2.32. The molecule has 1 fully saturated rings. The summed E-state index contributed by atoms with van der Waals surface area (Å²) in [6.07, 6.45) is 8.00. The summed E-state index contributed by atoms with van der Waals surface area (Å²) in [7, 11) is 1.63. The fourth-order valence-electron chi connectivity index (χ4n) is 4.13. The molecule has 2 aromatic heterocycles. The van der Waals surface area contributed by atoms with E-state index in [1.54, 1.807) is 13.2 Å². The second-order valence-corrected chi connectivity index (χ2v) is 7.96. The van der Waals surface area contributed by atoms with E-state index in [-0.39, 0.29) is 11.5 Å². The molecule has 1 saturated carbocycles. The van der Waals surface area contributed by atoms with Crippen LogP contribution in [0.1, 0.15) is 58.7 Å². The molecule has 1 atom stereocenters. The zero-order chi connectivity index (χ0) is 19.6. The van der Waals surface area contributed by atoms with Crippen molar-refractivity contribution in [3.63, 3.8) is 0 Å². The van der Waals surface area contributed by atoms with Gasteiger partial charge in [-0.25, -0.2) is 9.78 Å². The predicted octanol–water partition coefficient (Wildman–Crippen LogP) is 3.23. The van der Waals surface area contributed by atoms with Gasteiger partial charge in [0.25, 0.3) is 5.56 Å². The van der Waals surface area contributed by atoms with E-state index in [0.717, 1.165) is 41.2 Å². The van der Waals surface area contributed by atoms with Gasteiger partial charge in [0.2, 0.25) is 0 Å². The third kappa shape index (κ3) is 2.59. The average Bonchev–Trinajstić information content (AvgIpc) is 3.44. The lowest BCUT2D eigenvalue weighted by molar-refractivity contribution is 0.704. The fourth-order valence-corrected chi connectivity index (χ4v) is 4.31. The van der Waals surface area contributed by atoms with Gasteiger partial charge in [-0.3, -0.25) is 9.78 Å². The van der Waals surface area contributed by atoms with E-state index < -0.39 is 5.69 Å². The van der Waals surface area contributed by atoms with Gasteiger partial charge < -0.3 is 9.13 Å². The average molecular weight is 395 g/mol. The van der Waals surface area contributed by atoms with Crippen LogP contribution in [0.3, 0.4) is 0 Å². The number of aryl methyl sites for hydroxylation is 2. The molecule has 0 bridgehead atoms. The Balaban J connectivity index is 1.84. The quantitative estimate of drug-likeness (QED) is 0.567. The van der Waals surface area contributed by atoms with Crippen LogP contribution in [0.5, 0.6) is 0 Å². The molecule has 1 unspecified atom stereocenters. The third-order valence-electron chi connectivity index (χ3n) is 5.57. The van der Waals surface area contributed by atoms with E-state index in [2.05, 4.69) is 15.6 Å². The van der Waals surface area contributed by atoms with Crippen LogP contribution in [0.25, 0.3) is 12.2 Å². The molecular formula is C21H19ClN4O2. The van der Waals surface area contributed by atoms with Crippen LogP contribution in [0.2, 0.25) is 5.02 Å². The predicted molar refractivity (Wildman–Crippen MR) is 109 cm³/mol. The molecule has 142 valence electrons. The van der Waals surface area contributed by atoms with Crippen molar-refractivity contribution in [2.45, 2.75) is 31.7 Å². The molecule has 5 rings (SSSR count). The highest BCUT2D eigenvalue weighted by atomic mass is 35.5. The number of benzene rings is 1. The second kappa shape index (κ2) is 6.07. The monoisotopic (exact) mass is 394 g/mol. The minimum atomic E-state index is -0.434. The Morgan fingerprint density at radius 2 is 1.96 bits per heavy atom. The number of halogens is 1. The van der Waals surface area contributed by atoms with Crippen molar-refractivity contribution < 1.29 is 0 Å². The van der Waals surface area contributed by atoms with Gasteiger partial charge in [-0.05, 0) is 49.1 Å². The highest BCUT2D eigenvalue weighted by Gasteiger charge is 2.34. The van der Waals surface area contributed by atoms with E-state index in [4.69, 9.17) is 16.6 Å². The molecule has 6 nitrogen and oxygen atoms in total. The minimum Gasteiger partial charge on any atom is -0.325 e. The van der Waals surface area contributed by atoms with Crippen molar-refractivity contribution in [2.75, 3.05) is 0 Å². The number of hydrogen-bond acceptors (Lipinski definition) is 3. The first-order chi connectivity index (χ1) is 13.4. The molecule has 3 aromatic rings. The number of fused-ring (bicyclic) bond motifs is 2. The lowest BCUT2D eigenvalue weighted by Gasteiger charge is -2.18. The van der Waals surface area contributed by atoms with E-state index >= 15 is 0 Å². The summed E-state index contributed by atoms with van der Waals surface area (Å²) < 4.78 is 3.66. The van der Waals surface area contributed by atoms with Crippen LogP contribution < -0.4 is 11.2 Å². The third-order valence-corrected chi connectivity index (χ3v) is 5.80. The topological polar surface area (TPSA) is 72.7 Å². The molecule has 0 radical (unpaired) electrons. The van der Waals surface area contributed by atoms with E-state index in [1.165, 1.54) is 4.57 Å². The van der Waals surface area contributed by atoms with Gasteiger partial charge in [-0.15, -0.1) is 0 Å². The van der Waals surface area contributed by atoms with Crippen molar-refractivity contribution >= 4 is 23.8 Å². The van der Waals surface area contributed by atoms with Crippen molar-refractivity contribution in [1.82, 2.24) is 19.1 Å². The highest BCUT2D eigenvalue weighted by molar-refractivity contribution is 6.30. The van der Waals surface area contributed by atoms with Crippen LogP contribution in [0.4, 0.5) is 0 Å². The van der Waals surface area contributed by atoms with Crippen molar-refractivity contribution in [1.29, 1.82) is 0 Å². The van der Waals surface area contributed by atoms with Gasteiger partial charge in [-0.2, -0.15) is 0 Å². The summed E-state index contributed by atoms with van der Waals surface area (Å²) in [5.74, 6) is 0.562. The Morgan fingerprint density at radius 1 is 1.18 bits per heavy atom. The van der Waals surface area contributed by atoms with E-state index in [9.17, 15) is 9.59 Å². The summed E-state index contributed by atoms with van der Waals surface area (Å²) >= 11 is 6.24. The first kappa shape index (κ1) is 17.3. The van der Waals surface area contributed by atoms with Crippen LogP contribution >= 0.6 is 11.6 Å². The molecule has 28 heavy (non-hydrogen) atoms. The Bertz CT molecular complexity index is 1260. The van der Waals surface area contributed by atoms with Crippen molar-refractivity contribution in [3.8, 4) is 0 Å². The molecular weight excluding hydrogens is 376 g/mol. The van der Waals surface area contributed by atoms with Gasteiger partial charge in [0.15, 0.2) is 0 Å². The van der Waals surface area contributed by atoms with Gasteiger partial charge in [-0.1, -0.05) is 23.7 Å². The van der Waals surface area contributed by atoms with Gasteiger partial charge in [0.1, 0.15) is 5.82 Å². The molecule has 2 heterocycles. The van der Waals surface area contributed by atoms with Crippen molar-refractivity contribution in [2.24, 2.45) is 7.05 Å². The number of aromatic nitrogens is 4. The summed E-state index contributed by atoms with van der Waals surface area (Å²) in [5, 5.41) is 0.636. The first-order valence-electron chi connectivity index (χ1n) is 9.30. The van der Waals surface area contributed by atoms with Crippen LogP contribution in [-0.4, -0.2) is 19.1 Å². The van der Waals surface area contributed by atoms with E-state index in [1.807, 2.05) is 31.2 Å². The minimum absolute atomic E-state index is 0.383. The molecule has 7 heteroatoms. The Kier molecular flexibility index (Phi) is 3.74. The zero-order valence-corrected chi connectivity index (χ0v) is 16.3. The smallest absolute Gasteiger partial charge is 0.325 e. The van der Waals surface area contributed by atoms with Gasteiger partial charge >= 0.3 is 5.69 Å². The Labute approximate surface area is 166 Å². The number of nitrogens with zero attached hydrogens (tertiary/aromatic N) is 3. The summed E-state index contributed by atoms with van der Waals surface area (Å²) in [6.45, 7) is 2.01. The molecule has 0 amide bonds. The van der Waals surface area contributed by atoms with Gasteiger partial charge in [0.05, 0.1) is 17.3 Å². The SMILES string of the molecule is Cc1nc2c(n1C1CC1)C=Cc1cc(Cl)ccc1C2c1cn(C)c(=O)[nH]c1=O. The molecule has 2 aliphatic rings. The maximum atomic E-state index is 12.8. The maximum Gasteiger partial charge on any atom is 0.328 e. The van der Waals surface area contributed by atoms with Crippen molar-refractivity contribution in [3.05, 3.63) is 84.2 Å². The standard InChI is InChI=1S/C21H19ClN4O2/c1-11-23-19-17(26(11)14-5-6-14)8-3-12-9-13(22)4-7-15(12)18(19)16-10-25(2)21(28)24-20(16)27/h3-4,7-10,14,18H,5-6H2,1-2H3,(H,24,27,28). The first-order valence-corrected chi connectivity index (χ1v) is 9.68. The molecule has 2 aliphatic carbocycles. The Hall–Kier alpha value is -2.86. The van der Waals surface area contributed by atoms with Crippen LogP contribution in [0.15, 0.2) is 34.0 Å². The second-order valence-electron chi connectivity index (χ2n) is 7.52. The maximum absolute atomic E-state index is 12.8. The normalized spacial score (nSPS) is 17.9. The highest BCUT2D eigenvalue weighted by Crippen LogP contribution is 2.43.